The monoisotopic (exact) mass is 297 g/mol. The number of hydrogen-bond donors (Lipinski definition) is 1. The molecular weight excluding hydrogens is 274 g/mol. The highest BCUT2D eigenvalue weighted by Crippen LogP contribution is 2.20. The van der Waals surface area contributed by atoms with Crippen LogP contribution in [0.25, 0.3) is 0 Å². The van der Waals surface area contributed by atoms with Crippen molar-refractivity contribution in [2.75, 3.05) is 13.1 Å². The number of amides is 1. The van der Waals surface area contributed by atoms with Crippen LogP contribution >= 0.6 is 11.3 Å². The lowest BCUT2D eigenvalue weighted by molar-refractivity contribution is 0.0290. The first-order valence-corrected chi connectivity index (χ1v) is 7.86. The smallest absolute Gasteiger partial charge is 0.410 e. The normalized spacial score (nSPS) is 21.0. The highest BCUT2D eigenvalue weighted by Gasteiger charge is 2.30. The van der Waals surface area contributed by atoms with E-state index in [1.165, 1.54) is 0 Å². The van der Waals surface area contributed by atoms with Crippen LogP contribution in [-0.4, -0.2) is 40.7 Å². The number of nitrogens with one attached hydrogen (secondary N) is 1. The van der Waals surface area contributed by atoms with Crippen molar-refractivity contribution >= 4 is 17.4 Å². The van der Waals surface area contributed by atoms with Gasteiger partial charge < -0.3 is 15.0 Å². The van der Waals surface area contributed by atoms with Gasteiger partial charge in [0.15, 0.2) is 0 Å². The number of thiazole rings is 1. The standard InChI is InChI=1S/C14H23N3O2S/c1-10(12-15-6-8-20-12)16-11-5-7-17(9-11)13(18)19-14(2,3)4/h6,8,10-11,16H,5,7,9H2,1-4H3/t10-,11-/m0/s1. The summed E-state index contributed by atoms with van der Waals surface area (Å²) >= 11 is 1.65. The molecule has 0 unspecified atom stereocenters. The summed E-state index contributed by atoms with van der Waals surface area (Å²) in [5, 5.41) is 6.59. The molecule has 0 aliphatic carbocycles. The van der Waals surface area contributed by atoms with Gasteiger partial charge in [0, 0.05) is 30.7 Å². The Labute approximate surface area is 124 Å². The van der Waals surface area contributed by atoms with Gasteiger partial charge in [-0.15, -0.1) is 11.3 Å². The Morgan fingerprint density at radius 1 is 1.60 bits per heavy atom. The highest BCUT2D eigenvalue weighted by molar-refractivity contribution is 7.09. The van der Waals surface area contributed by atoms with Crippen LogP contribution in [0, 0.1) is 0 Å². The van der Waals surface area contributed by atoms with Gasteiger partial charge in [0.1, 0.15) is 10.6 Å². The van der Waals surface area contributed by atoms with Crippen molar-refractivity contribution in [2.45, 2.75) is 51.8 Å². The summed E-state index contributed by atoms with van der Waals surface area (Å²) in [4.78, 5) is 18.1. The van der Waals surface area contributed by atoms with E-state index in [1.807, 2.05) is 32.3 Å². The van der Waals surface area contributed by atoms with Crippen LogP contribution in [0.15, 0.2) is 11.6 Å². The summed E-state index contributed by atoms with van der Waals surface area (Å²) in [6.07, 6.45) is 2.55. The van der Waals surface area contributed by atoms with Gasteiger partial charge in [-0.1, -0.05) is 0 Å². The van der Waals surface area contributed by atoms with Crippen molar-refractivity contribution in [2.24, 2.45) is 0 Å². The number of carbonyl (C=O) groups excluding carboxylic acids is 1. The van der Waals surface area contributed by atoms with Crippen molar-refractivity contribution < 1.29 is 9.53 Å². The van der Waals surface area contributed by atoms with Crippen molar-refractivity contribution in [3.8, 4) is 0 Å². The lowest BCUT2D eigenvalue weighted by atomic mass is 10.2. The van der Waals surface area contributed by atoms with E-state index in [2.05, 4.69) is 17.2 Å². The quantitative estimate of drug-likeness (QED) is 0.932. The number of carbonyl (C=O) groups is 1. The predicted molar refractivity (Wildman–Crippen MR) is 79.9 cm³/mol. The SMILES string of the molecule is C[C@H](N[C@H]1CCN(C(=O)OC(C)(C)C)C1)c1nccs1. The molecule has 2 heterocycles. The lowest BCUT2D eigenvalue weighted by Crippen LogP contribution is -2.38. The van der Waals surface area contributed by atoms with Gasteiger partial charge >= 0.3 is 6.09 Å². The Morgan fingerprint density at radius 2 is 2.35 bits per heavy atom. The maximum atomic E-state index is 12.0. The van der Waals surface area contributed by atoms with Gasteiger partial charge in [0.25, 0.3) is 0 Å². The Hall–Kier alpha value is -1.14. The molecule has 1 N–H and O–H groups in total. The molecule has 1 saturated heterocycles. The first-order chi connectivity index (χ1) is 9.35. The molecule has 1 amide bonds. The molecule has 1 aromatic rings. The average Bonchev–Trinajstić information content (AvgIpc) is 2.97. The lowest BCUT2D eigenvalue weighted by Gasteiger charge is -2.24. The third kappa shape index (κ3) is 4.18. The highest BCUT2D eigenvalue weighted by atomic mass is 32.1. The third-order valence-corrected chi connectivity index (χ3v) is 4.11. The maximum Gasteiger partial charge on any atom is 0.410 e. The minimum Gasteiger partial charge on any atom is -0.444 e. The van der Waals surface area contributed by atoms with E-state index in [-0.39, 0.29) is 12.1 Å². The molecule has 2 rings (SSSR count). The summed E-state index contributed by atoms with van der Waals surface area (Å²) in [5.74, 6) is 0. The second-order valence-electron chi connectivity index (χ2n) is 6.17. The van der Waals surface area contributed by atoms with E-state index < -0.39 is 5.60 Å². The van der Waals surface area contributed by atoms with Crippen molar-refractivity contribution in [3.63, 3.8) is 0 Å². The third-order valence-electron chi connectivity index (χ3n) is 3.15. The van der Waals surface area contributed by atoms with Crippen molar-refractivity contribution in [1.29, 1.82) is 0 Å². The molecule has 0 radical (unpaired) electrons. The largest absolute Gasteiger partial charge is 0.444 e. The van der Waals surface area contributed by atoms with Gasteiger partial charge in [-0.05, 0) is 34.1 Å². The summed E-state index contributed by atoms with van der Waals surface area (Å²) in [6.45, 7) is 9.22. The zero-order valence-electron chi connectivity index (χ0n) is 12.5. The van der Waals surface area contributed by atoms with Crippen molar-refractivity contribution in [1.82, 2.24) is 15.2 Å². The van der Waals surface area contributed by atoms with E-state index >= 15 is 0 Å². The maximum absolute atomic E-state index is 12.0. The van der Waals surface area contributed by atoms with Crippen LogP contribution < -0.4 is 5.32 Å². The Morgan fingerprint density at radius 3 is 2.95 bits per heavy atom. The number of aromatic nitrogens is 1. The van der Waals surface area contributed by atoms with Crippen LogP contribution in [0.2, 0.25) is 0 Å². The Kier molecular flexibility index (Phi) is 4.65. The van der Waals surface area contributed by atoms with Gasteiger partial charge in [-0.2, -0.15) is 0 Å². The van der Waals surface area contributed by atoms with E-state index in [0.717, 1.165) is 18.0 Å². The molecule has 0 aromatic carbocycles. The molecule has 1 aliphatic rings. The fourth-order valence-electron chi connectivity index (χ4n) is 2.26. The van der Waals surface area contributed by atoms with Crippen LogP contribution in [0.5, 0.6) is 0 Å². The number of ether oxygens (including phenoxy) is 1. The molecular formula is C14H23N3O2S. The fourth-order valence-corrected chi connectivity index (χ4v) is 2.92. The number of hydrogen-bond acceptors (Lipinski definition) is 5. The molecule has 0 spiro atoms. The van der Waals surface area contributed by atoms with Gasteiger partial charge in [0.05, 0.1) is 6.04 Å². The van der Waals surface area contributed by atoms with E-state index in [4.69, 9.17) is 4.74 Å². The predicted octanol–water partition coefficient (Wildman–Crippen LogP) is 2.80. The van der Waals surface area contributed by atoms with E-state index in [0.29, 0.717) is 12.6 Å². The molecule has 0 bridgehead atoms. The van der Waals surface area contributed by atoms with E-state index in [1.54, 1.807) is 16.2 Å². The Balaban J connectivity index is 1.82. The zero-order chi connectivity index (χ0) is 14.8. The van der Waals surface area contributed by atoms with Gasteiger partial charge in [-0.25, -0.2) is 9.78 Å². The summed E-state index contributed by atoms with van der Waals surface area (Å²) in [5.41, 5.74) is -0.434. The molecule has 6 heteroatoms. The second-order valence-corrected chi connectivity index (χ2v) is 7.10. The summed E-state index contributed by atoms with van der Waals surface area (Å²) < 4.78 is 5.40. The first-order valence-electron chi connectivity index (χ1n) is 6.98. The molecule has 20 heavy (non-hydrogen) atoms. The molecule has 1 fully saturated rings. The molecule has 1 aromatic heterocycles. The van der Waals surface area contributed by atoms with Crippen molar-refractivity contribution in [3.05, 3.63) is 16.6 Å². The molecule has 1 aliphatic heterocycles. The fraction of sp³-hybridized carbons (Fsp3) is 0.714. The van der Waals surface area contributed by atoms with Crippen LogP contribution in [0.3, 0.4) is 0 Å². The van der Waals surface area contributed by atoms with E-state index in [9.17, 15) is 4.79 Å². The van der Waals surface area contributed by atoms with Gasteiger partial charge in [0.2, 0.25) is 0 Å². The summed E-state index contributed by atoms with van der Waals surface area (Å²) in [7, 11) is 0. The molecule has 2 atom stereocenters. The minimum atomic E-state index is -0.434. The number of nitrogens with zero attached hydrogens (tertiary/aromatic N) is 2. The van der Waals surface area contributed by atoms with Crippen LogP contribution in [0.4, 0.5) is 4.79 Å². The number of rotatable bonds is 3. The first kappa shape index (κ1) is 15.3. The molecule has 5 nitrogen and oxygen atoms in total. The van der Waals surface area contributed by atoms with Gasteiger partial charge in [-0.3, -0.25) is 0 Å². The second kappa shape index (κ2) is 6.10. The average molecular weight is 297 g/mol. The van der Waals surface area contributed by atoms with Crippen LogP contribution in [-0.2, 0) is 4.74 Å². The zero-order valence-corrected chi connectivity index (χ0v) is 13.4. The summed E-state index contributed by atoms with van der Waals surface area (Å²) in [6, 6.07) is 0.528. The topological polar surface area (TPSA) is 54.5 Å². The minimum absolute atomic E-state index is 0.219. The molecule has 112 valence electrons. The number of likely N-dealkylation sites (tertiary alicyclic amines) is 1. The van der Waals surface area contributed by atoms with Crippen LogP contribution in [0.1, 0.15) is 45.2 Å². The molecule has 0 saturated carbocycles. The Bertz CT molecular complexity index is 442.